The third-order valence-corrected chi connectivity index (χ3v) is 3.42. The molecule has 5 nitrogen and oxygen atoms in total. The maximum absolute atomic E-state index is 12.3. The van der Waals surface area contributed by atoms with Crippen LogP contribution in [0.25, 0.3) is 0 Å². The number of nitrogens with two attached hydrogens (primary N) is 1. The van der Waals surface area contributed by atoms with Gasteiger partial charge in [-0.1, -0.05) is 6.92 Å². The highest BCUT2D eigenvalue weighted by atomic mass is 35.5. The van der Waals surface area contributed by atoms with Crippen LogP contribution in [0.5, 0.6) is 0 Å². The van der Waals surface area contributed by atoms with Gasteiger partial charge in [-0.05, 0) is 25.8 Å². The zero-order valence-electron chi connectivity index (χ0n) is 11.2. The van der Waals surface area contributed by atoms with E-state index in [1.807, 2.05) is 11.8 Å². The van der Waals surface area contributed by atoms with E-state index in [2.05, 4.69) is 11.9 Å². The molecule has 1 aromatic heterocycles. The molecule has 2 rings (SSSR count). The van der Waals surface area contributed by atoms with Crippen molar-refractivity contribution in [3.63, 3.8) is 0 Å². The molecule has 0 spiro atoms. The van der Waals surface area contributed by atoms with Gasteiger partial charge in [0.15, 0.2) is 12.1 Å². The predicted molar refractivity (Wildman–Crippen MR) is 78.0 cm³/mol. The average molecular weight is 310 g/mol. The van der Waals surface area contributed by atoms with Crippen molar-refractivity contribution in [3.8, 4) is 0 Å². The number of hydrogen-bond acceptors (Lipinski definition) is 4. The van der Waals surface area contributed by atoms with Gasteiger partial charge in [0.05, 0.1) is 0 Å². The second-order valence-electron chi connectivity index (χ2n) is 4.62. The van der Waals surface area contributed by atoms with E-state index in [4.69, 9.17) is 10.2 Å². The van der Waals surface area contributed by atoms with E-state index in [0.717, 1.165) is 13.0 Å². The minimum absolute atomic E-state index is 0. The Labute approximate surface area is 125 Å². The highest BCUT2D eigenvalue weighted by Crippen LogP contribution is 2.24. The Kier molecular flexibility index (Phi) is 7.41. The Bertz CT molecular complexity index is 411. The Morgan fingerprint density at radius 2 is 2.26 bits per heavy atom. The Morgan fingerprint density at radius 1 is 1.58 bits per heavy atom. The summed E-state index contributed by atoms with van der Waals surface area (Å²) in [7, 11) is 0. The number of likely N-dealkylation sites (tertiary alicyclic amines) is 1. The fraction of sp³-hybridized carbons (Fsp3) is 0.667. The van der Waals surface area contributed by atoms with Crippen LogP contribution in [-0.2, 0) is 6.42 Å². The van der Waals surface area contributed by atoms with Gasteiger partial charge in [0.1, 0.15) is 5.76 Å². The minimum Gasteiger partial charge on any atom is -0.448 e. The maximum atomic E-state index is 12.3. The fourth-order valence-electron chi connectivity index (χ4n) is 2.43. The molecule has 1 amide bonds. The van der Waals surface area contributed by atoms with E-state index < -0.39 is 0 Å². The number of rotatable bonds is 3. The highest BCUT2D eigenvalue weighted by molar-refractivity contribution is 5.93. The van der Waals surface area contributed by atoms with Gasteiger partial charge in [0, 0.05) is 19.0 Å². The highest BCUT2D eigenvalue weighted by Gasteiger charge is 2.34. The van der Waals surface area contributed by atoms with Crippen molar-refractivity contribution in [1.82, 2.24) is 9.88 Å². The van der Waals surface area contributed by atoms with E-state index in [1.54, 1.807) is 0 Å². The molecule has 1 aromatic rings. The quantitative estimate of drug-likeness (QED) is 0.925. The zero-order chi connectivity index (χ0) is 12.4. The van der Waals surface area contributed by atoms with Crippen LogP contribution in [-0.4, -0.2) is 34.9 Å². The molecule has 1 aliphatic heterocycles. The predicted octanol–water partition coefficient (Wildman–Crippen LogP) is 1.89. The third-order valence-electron chi connectivity index (χ3n) is 3.42. The molecule has 7 heteroatoms. The zero-order valence-corrected chi connectivity index (χ0v) is 12.8. The topological polar surface area (TPSA) is 72.4 Å². The first-order chi connectivity index (χ1) is 8.17. The average Bonchev–Trinajstić information content (AvgIpc) is 2.93. The summed E-state index contributed by atoms with van der Waals surface area (Å²) in [5.41, 5.74) is 6.12. The lowest BCUT2D eigenvalue weighted by Crippen LogP contribution is -2.35. The third kappa shape index (κ3) is 3.61. The molecular formula is C12H21Cl2N3O2. The first-order valence-electron chi connectivity index (χ1n) is 6.10. The molecule has 0 saturated carbocycles. The van der Waals surface area contributed by atoms with Crippen molar-refractivity contribution in [2.24, 2.45) is 11.7 Å². The molecule has 0 bridgehead atoms. The number of aromatic nitrogens is 1. The summed E-state index contributed by atoms with van der Waals surface area (Å²) in [4.78, 5) is 18.2. The molecule has 1 saturated heterocycles. The number of carbonyl (C=O) groups is 1. The van der Waals surface area contributed by atoms with Crippen LogP contribution >= 0.6 is 24.8 Å². The van der Waals surface area contributed by atoms with Crippen LogP contribution in [0.2, 0.25) is 0 Å². The van der Waals surface area contributed by atoms with Gasteiger partial charge in [-0.3, -0.25) is 4.79 Å². The van der Waals surface area contributed by atoms with Crippen molar-refractivity contribution in [2.75, 3.05) is 13.1 Å². The van der Waals surface area contributed by atoms with E-state index in [1.165, 1.54) is 6.39 Å². The summed E-state index contributed by atoms with van der Waals surface area (Å²) in [6.07, 6.45) is 3.00. The first kappa shape index (κ1) is 18.2. The summed E-state index contributed by atoms with van der Waals surface area (Å²) in [6.45, 7) is 5.37. The molecular weight excluding hydrogens is 289 g/mol. The summed E-state index contributed by atoms with van der Waals surface area (Å²) in [6, 6.07) is 0.234. The normalized spacial score (nSPS) is 21.7. The van der Waals surface area contributed by atoms with Crippen LogP contribution in [0.3, 0.4) is 0 Å². The lowest BCUT2D eigenvalue weighted by atomic mass is 10.1. The van der Waals surface area contributed by atoms with Gasteiger partial charge < -0.3 is 15.1 Å². The van der Waals surface area contributed by atoms with Gasteiger partial charge in [0.25, 0.3) is 5.91 Å². The maximum Gasteiger partial charge on any atom is 0.276 e. The standard InChI is InChI=1S/C12H19N3O2.2ClH/c1-3-10-11(14-7-17-10)12(16)15-6-9(5-13)4-8(15)2;;/h7-9H,3-6,13H2,1-2H3;2*1H. The molecule has 19 heavy (non-hydrogen) atoms. The largest absolute Gasteiger partial charge is 0.448 e. The lowest BCUT2D eigenvalue weighted by Gasteiger charge is -2.20. The van der Waals surface area contributed by atoms with Crippen molar-refractivity contribution in [2.45, 2.75) is 32.7 Å². The van der Waals surface area contributed by atoms with E-state index in [-0.39, 0.29) is 36.8 Å². The van der Waals surface area contributed by atoms with Crippen LogP contribution in [0.4, 0.5) is 0 Å². The summed E-state index contributed by atoms with van der Waals surface area (Å²) < 4.78 is 5.20. The van der Waals surface area contributed by atoms with Crippen LogP contribution in [0, 0.1) is 5.92 Å². The van der Waals surface area contributed by atoms with Gasteiger partial charge in [-0.25, -0.2) is 4.98 Å². The Balaban J connectivity index is 0.00000162. The second kappa shape index (κ2) is 7.72. The molecule has 2 heterocycles. The van der Waals surface area contributed by atoms with Crippen LogP contribution in [0.1, 0.15) is 36.5 Å². The van der Waals surface area contributed by atoms with Gasteiger partial charge in [-0.2, -0.15) is 0 Å². The summed E-state index contributed by atoms with van der Waals surface area (Å²) in [5, 5.41) is 0. The molecule has 0 aliphatic carbocycles. The van der Waals surface area contributed by atoms with Crippen LogP contribution in [0.15, 0.2) is 10.8 Å². The Hall–Kier alpha value is -0.780. The minimum atomic E-state index is -0.0287. The van der Waals surface area contributed by atoms with Crippen molar-refractivity contribution in [1.29, 1.82) is 0 Å². The SMILES string of the molecule is CCc1ocnc1C(=O)N1CC(CN)CC1C.Cl.Cl. The fourth-order valence-corrected chi connectivity index (χ4v) is 2.43. The van der Waals surface area contributed by atoms with Gasteiger partial charge in [0.2, 0.25) is 0 Å². The van der Waals surface area contributed by atoms with Gasteiger partial charge >= 0.3 is 0 Å². The molecule has 2 atom stereocenters. The smallest absolute Gasteiger partial charge is 0.276 e. The van der Waals surface area contributed by atoms with Gasteiger partial charge in [-0.15, -0.1) is 24.8 Å². The second-order valence-corrected chi connectivity index (χ2v) is 4.62. The van der Waals surface area contributed by atoms with Crippen molar-refractivity contribution < 1.29 is 9.21 Å². The molecule has 2 unspecified atom stereocenters. The number of hydrogen-bond donors (Lipinski definition) is 1. The number of aryl methyl sites for hydroxylation is 1. The number of halogens is 2. The molecule has 1 aliphatic rings. The number of amides is 1. The lowest BCUT2D eigenvalue weighted by molar-refractivity contribution is 0.0736. The number of oxazole rings is 1. The number of nitrogens with zero attached hydrogens (tertiary/aromatic N) is 2. The first-order valence-corrected chi connectivity index (χ1v) is 6.10. The molecule has 110 valence electrons. The monoisotopic (exact) mass is 309 g/mol. The summed E-state index contributed by atoms with van der Waals surface area (Å²) >= 11 is 0. The van der Waals surface area contributed by atoms with Crippen molar-refractivity contribution in [3.05, 3.63) is 17.8 Å². The molecule has 1 fully saturated rings. The molecule has 0 radical (unpaired) electrons. The van der Waals surface area contributed by atoms with Crippen molar-refractivity contribution >= 4 is 30.7 Å². The molecule has 0 aromatic carbocycles. The van der Waals surface area contributed by atoms with Crippen LogP contribution < -0.4 is 5.73 Å². The van der Waals surface area contributed by atoms with E-state index in [0.29, 0.717) is 30.3 Å². The number of carbonyl (C=O) groups excluding carboxylic acids is 1. The summed E-state index contributed by atoms with van der Waals surface area (Å²) in [5.74, 6) is 1.04. The Morgan fingerprint density at radius 3 is 2.79 bits per heavy atom. The van der Waals surface area contributed by atoms with E-state index in [9.17, 15) is 4.79 Å². The molecule has 2 N–H and O–H groups in total. The van der Waals surface area contributed by atoms with E-state index >= 15 is 0 Å².